The van der Waals surface area contributed by atoms with E-state index in [1.54, 1.807) is 13.8 Å². The number of rotatable bonds is 8. The Bertz CT molecular complexity index is 1070. The number of anilines is 1. The van der Waals surface area contributed by atoms with E-state index in [0.29, 0.717) is 11.2 Å². The molecule has 1 aromatic carbocycles. The molecule has 2 atom stereocenters. The van der Waals surface area contributed by atoms with Crippen LogP contribution in [0.3, 0.4) is 0 Å². The topological polar surface area (TPSA) is 139 Å². The molecule has 3 N–H and O–H groups in total. The number of amides is 2. The summed E-state index contributed by atoms with van der Waals surface area (Å²) in [5, 5.41) is 5.29. The molecule has 2 amide bonds. The molecule has 0 saturated heterocycles. The van der Waals surface area contributed by atoms with Crippen molar-refractivity contribution in [1.82, 2.24) is 25.3 Å². The van der Waals surface area contributed by atoms with E-state index in [-0.39, 0.29) is 24.1 Å². The quantitative estimate of drug-likeness (QED) is 0.467. The molecule has 0 aliphatic carbocycles. The van der Waals surface area contributed by atoms with Gasteiger partial charge in [0.1, 0.15) is 17.9 Å². The van der Waals surface area contributed by atoms with Gasteiger partial charge < -0.3 is 20.4 Å². The number of nitrogens with one attached hydrogen (secondary N) is 3. The summed E-state index contributed by atoms with van der Waals surface area (Å²) in [5.41, 5.74) is 1.69. The number of aromatic nitrogens is 4. The van der Waals surface area contributed by atoms with Gasteiger partial charge in [-0.15, -0.1) is 0 Å². The van der Waals surface area contributed by atoms with Gasteiger partial charge in [0.15, 0.2) is 17.6 Å². The van der Waals surface area contributed by atoms with Gasteiger partial charge >= 0.3 is 5.97 Å². The van der Waals surface area contributed by atoms with Crippen LogP contribution < -0.4 is 10.6 Å². The number of carbonyl (C=O) groups is 3. The van der Waals surface area contributed by atoms with Crippen molar-refractivity contribution in [3.63, 3.8) is 0 Å². The molecule has 162 valence electrons. The maximum atomic E-state index is 12.7. The molecular formula is C21H24N6O4. The van der Waals surface area contributed by atoms with Crippen LogP contribution >= 0.6 is 0 Å². The lowest BCUT2D eigenvalue weighted by Gasteiger charge is -2.23. The Morgan fingerprint density at radius 3 is 2.52 bits per heavy atom. The van der Waals surface area contributed by atoms with E-state index in [4.69, 9.17) is 4.74 Å². The standard InChI is InChI=1S/C21H24N6O4/c1-12(2)16(26-15(28)9-14-7-5-4-6-8-14)21(30)31-13(3)20(29)27-19-17-18(23-10-22-17)24-11-25-19/h4-8,10-13,16H,9H2,1-3H3,(H,26,28)(H2,22,23,24,25,27,29)/t13?,16-/m0/s1. The number of benzene rings is 1. The Kier molecular flexibility index (Phi) is 6.91. The van der Waals surface area contributed by atoms with Crippen LogP contribution in [0.4, 0.5) is 5.82 Å². The van der Waals surface area contributed by atoms with Gasteiger partial charge in [-0.3, -0.25) is 9.59 Å². The van der Waals surface area contributed by atoms with Crippen LogP contribution in [0.5, 0.6) is 0 Å². The lowest BCUT2D eigenvalue weighted by molar-refractivity contribution is -0.157. The molecule has 0 saturated carbocycles. The van der Waals surface area contributed by atoms with Crippen LogP contribution in [0.2, 0.25) is 0 Å². The van der Waals surface area contributed by atoms with Gasteiger partial charge in [0.05, 0.1) is 12.7 Å². The van der Waals surface area contributed by atoms with Crippen molar-refractivity contribution in [2.45, 2.75) is 39.3 Å². The van der Waals surface area contributed by atoms with Gasteiger partial charge in [0.2, 0.25) is 5.91 Å². The molecule has 0 bridgehead atoms. The molecular weight excluding hydrogens is 400 g/mol. The van der Waals surface area contributed by atoms with E-state index in [9.17, 15) is 14.4 Å². The molecule has 0 radical (unpaired) electrons. The fourth-order valence-corrected chi connectivity index (χ4v) is 2.88. The van der Waals surface area contributed by atoms with Crippen molar-refractivity contribution in [3.8, 4) is 0 Å². The lowest BCUT2D eigenvalue weighted by atomic mass is 10.0. The van der Waals surface area contributed by atoms with Crippen LogP contribution in [-0.4, -0.2) is 49.9 Å². The zero-order valence-electron chi connectivity index (χ0n) is 17.5. The van der Waals surface area contributed by atoms with E-state index in [0.717, 1.165) is 5.56 Å². The van der Waals surface area contributed by atoms with Crippen LogP contribution in [0.15, 0.2) is 43.0 Å². The largest absolute Gasteiger partial charge is 0.451 e. The first kappa shape index (κ1) is 21.9. The zero-order chi connectivity index (χ0) is 22.4. The normalized spacial score (nSPS) is 12.9. The number of aromatic amines is 1. The zero-order valence-corrected chi connectivity index (χ0v) is 17.5. The summed E-state index contributed by atoms with van der Waals surface area (Å²) in [6.45, 7) is 5.02. The number of esters is 1. The molecule has 3 rings (SSSR count). The fourth-order valence-electron chi connectivity index (χ4n) is 2.88. The first-order valence-corrected chi connectivity index (χ1v) is 9.84. The Morgan fingerprint density at radius 2 is 1.81 bits per heavy atom. The first-order valence-electron chi connectivity index (χ1n) is 9.84. The Labute approximate surface area is 178 Å². The Hall–Kier alpha value is -3.82. The highest BCUT2D eigenvalue weighted by Crippen LogP contribution is 2.15. The van der Waals surface area contributed by atoms with E-state index in [2.05, 4.69) is 30.6 Å². The summed E-state index contributed by atoms with van der Waals surface area (Å²) in [4.78, 5) is 52.3. The summed E-state index contributed by atoms with van der Waals surface area (Å²) in [7, 11) is 0. The SMILES string of the molecule is CC(OC(=O)[C@@H](NC(=O)Cc1ccccc1)C(C)C)C(=O)Nc1ncnc2nc[nH]c12. The van der Waals surface area contributed by atoms with Crippen molar-refractivity contribution < 1.29 is 19.1 Å². The van der Waals surface area contributed by atoms with Gasteiger partial charge in [-0.25, -0.2) is 19.7 Å². The third-order valence-corrected chi connectivity index (χ3v) is 4.57. The molecule has 0 spiro atoms. The molecule has 0 aliphatic rings. The van der Waals surface area contributed by atoms with Crippen molar-refractivity contribution in [1.29, 1.82) is 0 Å². The maximum Gasteiger partial charge on any atom is 0.329 e. The lowest BCUT2D eigenvalue weighted by Crippen LogP contribution is -2.47. The fraction of sp³-hybridized carbons (Fsp3) is 0.333. The highest BCUT2D eigenvalue weighted by molar-refractivity contribution is 5.99. The average Bonchev–Trinajstić information content (AvgIpc) is 3.22. The number of hydrogen-bond acceptors (Lipinski definition) is 7. The molecule has 0 aliphatic heterocycles. The summed E-state index contributed by atoms with van der Waals surface area (Å²) in [6.07, 6.45) is 1.74. The van der Waals surface area contributed by atoms with Crippen molar-refractivity contribution in [2.75, 3.05) is 5.32 Å². The number of carbonyl (C=O) groups excluding carboxylic acids is 3. The van der Waals surface area contributed by atoms with E-state index < -0.39 is 24.0 Å². The van der Waals surface area contributed by atoms with Gasteiger partial charge in [-0.2, -0.15) is 0 Å². The van der Waals surface area contributed by atoms with Crippen LogP contribution in [0.25, 0.3) is 11.2 Å². The summed E-state index contributed by atoms with van der Waals surface area (Å²) in [5.74, 6) is -1.56. The molecule has 2 aromatic heterocycles. The summed E-state index contributed by atoms with van der Waals surface area (Å²) < 4.78 is 5.32. The number of hydrogen-bond donors (Lipinski definition) is 3. The van der Waals surface area contributed by atoms with E-state index in [1.807, 2.05) is 30.3 Å². The molecule has 3 aromatic rings. The minimum atomic E-state index is -1.10. The van der Waals surface area contributed by atoms with Crippen molar-refractivity contribution in [3.05, 3.63) is 48.5 Å². The van der Waals surface area contributed by atoms with Crippen LogP contribution in [0.1, 0.15) is 26.3 Å². The average molecular weight is 424 g/mol. The number of H-pyrrole nitrogens is 1. The predicted molar refractivity (Wildman–Crippen MR) is 113 cm³/mol. The second-order valence-electron chi connectivity index (χ2n) is 7.34. The molecule has 10 nitrogen and oxygen atoms in total. The monoisotopic (exact) mass is 424 g/mol. The maximum absolute atomic E-state index is 12.7. The summed E-state index contributed by atoms with van der Waals surface area (Å²) in [6, 6.07) is 8.32. The predicted octanol–water partition coefficient (Wildman–Crippen LogP) is 1.61. The number of nitrogens with zero attached hydrogens (tertiary/aromatic N) is 3. The molecule has 10 heteroatoms. The van der Waals surface area contributed by atoms with E-state index >= 15 is 0 Å². The second-order valence-corrected chi connectivity index (χ2v) is 7.34. The molecule has 0 fully saturated rings. The highest BCUT2D eigenvalue weighted by Gasteiger charge is 2.29. The number of imidazole rings is 1. The highest BCUT2D eigenvalue weighted by atomic mass is 16.5. The minimum Gasteiger partial charge on any atom is -0.451 e. The second kappa shape index (κ2) is 9.79. The third-order valence-electron chi connectivity index (χ3n) is 4.57. The third kappa shape index (κ3) is 5.62. The van der Waals surface area contributed by atoms with Gasteiger partial charge in [0.25, 0.3) is 5.91 Å². The minimum absolute atomic E-state index is 0.140. The molecule has 31 heavy (non-hydrogen) atoms. The van der Waals surface area contributed by atoms with Crippen LogP contribution in [-0.2, 0) is 25.5 Å². The van der Waals surface area contributed by atoms with Crippen molar-refractivity contribution >= 4 is 34.8 Å². The van der Waals surface area contributed by atoms with Gasteiger partial charge in [-0.05, 0) is 18.4 Å². The number of fused-ring (bicyclic) bond motifs is 1. The Balaban J connectivity index is 1.59. The van der Waals surface area contributed by atoms with Gasteiger partial charge in [0, 0.05) is 0 Å². The number of ether oxygens (including phenoxy) is 1. The van der Waals surface area contributed by atoms with Crippen LogP contribution in [0, 0.1) is 5.92 Å². The first-order chi connectivity index (χ1) is 14.8. The van der Waals surface area contributed by atoms with Crippen molar-refractivity contribution in [2.24, 2.45) is 5.92 Å². The van der Waals surface area contributed by atoms with Gasteiger partial charge in [-0.1, -0.05) is 44.2 Å². The smallest absolute Gasteiger partial charge is 0.329 e. The summed E-state index contributed by atoms with van der Waals surface area (Å²) >= 11 is 0. The molecule has 1 unspecified atom stereocenters. The Morgan fingerprint density at radius 1 is 1.06 bits per heavy atom. The van der Waals surface area contributed by atoms with E-state index in [1.165, 1.54) is 19.6 Å². The molecule has 2 heterocycles.